The van der Waals surface area contributed by atoms with E-state index in [1.165, 1.54) is 16.5 Å². The van der Waals surface area contributed by atoms with Crippen LogP contribution in [0.5, 0.6) is 0 Å². The first-order chi connectivity index (χ1) is 12.4. The second-order valence-electron chi connectivity index (χ2n) is 5.60. The van der Waals surface area contributed by atoms with Gasteiger partial charge in [-0.2, -0.15) is 0 Å². The van der Waals surface area contributed by atoms with Crippen molar-refractivity contribution < 1.29 is 18.3 Å². The Morgan fingerprint density at radius 3 is 2.69 bits per heavy atom. The predicted octanol–water partition coefficient (Wildman–Crippen LogP) is 3.04. The molecule has 7 heteroatoms. The molecule has 0 aliphatic heterocycles. The van der Waals surface area contributed by atoms with Crippen molar-refractivity contribution in [2.45, 2.75) is 13.5 Å². The summed E-state index contributed by atoms with van der Waals surface area (Å²) in [7, 11) is 0. The van der Waals surface area contributed by atoms with E-state index in [9.17, 15) is 18.4 Å². The highest BCUT2D eigenvalue weighted by Crippen LogP contribution is 2.13. The van der Waals surface area contributed by atoms with E-state index in [1.807, 2.05) is 13.0 Å². The summed E-state index contributed by atoms with van der Waals surface area (Å²) in [5, 5.41) is 0. The van der Waals surface area contributed by atoms with E-state index < -0.39 is 17.6 Å². The van der Waals surface area contributed by atoms with Crippen molar-refractivity contribution in [1.29, 1.82) is 0 Å². The van der Waals surface area contributed by atoms with Crippen molar-refractivity contribution in [3.8, 4) is 0 Å². The number of aromatic nitrogens is 2. The minimum atomic E-state index is -0.807. The normalized spacial score (nSPS) is 11.2. The molecule has 0 saturated heterocycles. The Labute approximate surface area is 147 Å². The van der Waals surface area contributed by atoms with E-state index >= 15 is 0 Å². The summed E-state index contributed by atoms with van der Waals surface area (Å²) in [6, 6.07) is 8.16. The van der Waals surface area contributed by atoms with Crippen LogP contribution in [0.25, 0.3) is 11.7 Å². The average molecular weight is 356 g/mol. The van der Waals surface area contributed by atoms with E-state index in [0.29, 0.717) is 5.65 Å². The lowest BCUT2D eigenvalue weighted by molar-refractivity contribution is -0.139. The molecule has 0 unspecified atom stereocenters. The van der Waals surface area contributed by atoms with Gasteiger partial charge in [0.05, 0.1) is 5.69 Å². The van der Waals surface area contributed by atoms with Crippen molar-refractivity contribution >= 4 is 17.7 Å². The third kappa shape index (κ3) is 3.83. The number of benzene rings is 1. The van der Waals surface area contributed by atoms with Gasteiger partial charge in [0, 0.05) is 23.9 Å². The molecule has 0 amide bonds. The first-order valence-electron chi connectivity index (χ1n) is 7.72. The molecule has 5 nitrogen and oxygen atoms in total. The molecule has 0 N–H and O–H groups in total. The second kappa shape index (κ2) is 7.26. The third-order valence-electron chi connectivity index (χ3n) is 3.61. The molecular weight excluding hydrogens is 342 g/mol. The molecule has 0 spiro atoms. The largest absolute Gasteiger partial charge is 0.456 e. The molecule has 0 aliphatic carbocycles. The van der Waals surface area contributed by atoms with Gasteiger partial charge in [-0.25, -0.2) is 18.6 Å². The molecule has 0 fully saturated rings. The van der Waals surface area contributed by atoms with Gasteiger partial charge in [-0.1, -0.05) is 12.1 Å². The van der Waals surface area contributed by atoms with Gasteiger partial charge in [0.2, 0.25) is 0 Å². The topological polar surface area (TPSA) is 60.7 Å². The molecule has 0 bridgehead atoms. The fourth-order valence-electron chi connectivity index (χ4n) is 2.35. The maximum absolute atomic E-state index is 13.5. The molecule has 2 aromatic heterocycles. The summed E-state index contributed by atoms with van der Waals surface area (Å²) >= 11 is 0. The summed E-state index contributed by atoms with van der Waals surface area (Å²) in [6.45, 7) is 1.62. The van der Waals surface area contributed by atoms with Crippen LogP contribution in [-0.4, -0.2) is 15.4 Å². The van der Waals surface area contributed by atoms with Gasteiger partial charge >= 0.3 is 5.97 Å². The minimum absolute atomic E-state index is 0.234. The predicted molar refractivity (Wildman–Crippen MR) is 91.4 cm³/mol. The number of rotatable bonds is 4. The summed E-state index contributed by atoms with van der Waals surface area (Å²) in [4.78, 5) is 28.0. The number of hydrogen-bond donors (Lipinski definition) is 0. The summed E-state index contributed by atoms with van der Waals surface area (Å²) in [5.41, 5.74) is 0.984. The van der Waals surface area contributed by atoms with E-state index in [0.717, 1.165) is 29.8 Å². The minimum Gasteiger partial charge on any atom is -0.456 e. The van der Waals surface area contributed by atoms with E-state index in [-0.39, 0.29) is 23.4 Å². The lowest BCUT2D eigenvalue weighted by Gasteiger charge is -2.05. The number of fused-ring (bicyclic) bond motifs is 1. The molecule has 1 aromatic carbocycles. The lowest BCUT2D eigenvalue weighted by Crippen LogP contribution is -2.16. The maximum Gasteiger partial charge on any atom is 0.331 e. The quantitative estimate of drug-likeness (QED) is 0.533. The van der Waals surface area contributed by atoms with Gasteiger partial charge < -0.3 is 4.74 Å². The number of carbonyl (C=O) groups is 1. The van der Waals surface area contributed by atoms with Crippen molar-refractivity contribution in [1.82, 2.24) is 9.38 Å². The second-order valence-corrected chi connectivity index (χ2v) is 5.60. The standard InChI is InChI=1S/C19H14F2N2O3/c1-12-5-7-17-22-13(9-18(24)23(17)10-12)11-26-19(25)8-6-14-15(20)3-2-4-16(14)21/h2-10H,11H2,1H3. The Balaban J connectivity index is 1.72. The smallest absolute Gasteiger partial charge is 0.331 e. The SMILES string of the molecule is Cc1ccc2nc(COC(=O)C=Cc3c(F)cccc3F)cc(=O)n2c1. The van der Waals surface area contributed by atoms with Crippen LogP contribution in [-0.2, 0) is 16.1 Å². The monoisotopic (exact) mass is 356 g/mol. The highest BCUT2D eigenvalue weighted by Gasteiger charge is 2.07. The van der Waals surface area contributed by atoms with Crippen LogP contribution in [0.15, 0.2) is 53.5 Å². The average Bonchev–Trinajstić information content (AvgIpc) is 2.60. The van der Waals surface area contributed by atoms with E-state index in [4.69, 9.17) is 4.74 Å². The fraction of sp³-hybridized carbons (Fsp3) is 0.105. The maximum atomic E-state index is 13.5. The molecule has 2 heterocycles. The molecular formula is C19H14F2N2O3. The molecule has 0 saturated carbocycles. The van der Waals surface area contributed by atoms with Crippen LogP contribution < -0.4 is 5.56 Å². The van der Waals surface area contributed by atoms with Crippen LogP contribution in [0.2, 0.25) is 0 Å². The van der Waals surface area contributed by atoms with Crippen LogP contribution in [0.3, 0.4) is 0 Å². The molecule has 0 aliphatic rings. The Morgan fingerprint density at radius 1 is 1.23 bits per heavy atom. The zero-order chi connectivity index (χ0) is 18.7. The van der Waals surface area contributed by atoms with Gasteiger partial charge in [0.15, 0.2) is 0 Å². The number of nitrogens with zero attached hydrogens (tertiary/aromatic N) is 2. The van der Waals surface area contributed by atoms with Crippen LogP contribution in [0.4, 0.5) is 8.78 Å². The van der Waals surface area contributed by atoms with Gasteiger partial charge in [-0.05, 0) is 36.8 Å². The van der Waals surface area contributed by atoms with Gasteiger partial charge in [-0.15, -0.1) is 0 Å². The summed E-state index contributed by atoms with van der Waals surface area (Å²) < 4.78 is 33.3. The molecule has 26 heavy (non-hydrogen) atoms. The number of hydrogen-bond acceptors (Lipinski definition) is 4. The number of pyridine rings is 1. The van der Waals surface area contributed by atoms with Gasteiger partial charge in [0.1, 0.15) is 23.9 Å². The van der Waals surface area contributed by atoms with E-state index in [1.54, 1.807) is 12.3 Å². The van der Waals surface area contributed by atoms with Crippen molar-refractivity contribution in [3.63, 3.8) is 0 Å². The molecule has 0 radical (unpaired) electrons. The first-order valence-corrected chi connectivity index (χ1v) is 7.72. The Bertz CT molecular complexity index is 1050. The zero-order valence-electron chi connectivity index (χ0n) is 13.8. The van der Waals surface area contributed by atoms with Gasteiger partial charge in [0.25, 0.3) is 5.56 Å². The van der Waals surface area contributed by atoms with Crippen molar-refractivity contribution in [3.05, 3.63) is 87.5 Å². The molecule has 132 valence electrons. The molecule has 3 aromatic rings. The van der Waals surface area contributed by atoms with Crippen molar-refractivity contribution in [2.75, 3.05) is 0 Å². The number of esters is 1. The Kier molecular flexibility index (Phi) is 4.88. The van der Waals surface area contributed by atoms with Gasteiger partial charge in [-0.3, -0.25) is 9.20 Å². The fourth-order valence-corrected chi connectivity index (χ4v) is 2.35. The Morgan fingerprint density at radius 2 is 1.96 bits per heavy atom. The number of halogens is 2. The van der Waals surface area contributed by atoms with Crippen LogP contribution >= 0.6 is 0 Å². The van der Waals surface area contributed by atoms with Crippen molar-refractivity contribution in [2.24, 2.45) is 0 Å². The highest BCUT2D eigenvalue weighted by atomic mass is 19.1. The van der Waals surface area contributed by atoms with Crippen LogP contribution in [0.1, 0.15) is 16.8 Å². The molecule has 3 rings (SSSR count). The number of aryl methyl sites for hydroxylation is 1. The highest BCUT2D eigenvalue weighted by molar-refractivity contribution is 5.87. The number of ether oxygens (including phenoxy) is 1. The summed E-state index contributed by atoms with van der Waals surface area (Å²) in [5.74, 6) is -2.37. The van der Waals surface area contributed by atoms with Crippen LogP contribution in [0, 0.1) is 18.6 Å². The summed E-state index contributed by atoms with van der Waals surface area (Å²) in [6.07, 6.45) is 3.57. The van der Waals surface area contributed by atoms with E-state index in [2.05, 4.69) is 4.98 Å². The zero-order valence-corrected chi connectivity index (χ0v) is 13.8. The first kappa shape index (κ1) is 17.5. The number of carbonyl (C=O) groups excluding carboxylic acids is 1. The Hall–Kier alpha value is -3.35. The third-order valence-corrected chi connectivity index (χ3v) is 3.61. The molecule has 0 atom stereocenters. The lowest BCUT2D eigenvalue weighted by atomic mass is 10.2.